The van der Waals surface area contributed by atoms with Crippen molar-refractivity contribution in [2.75, 3.05) is 28.1 Å². The van der Waals surface area contributed by atoms with Gasteiger partial charge in [-0.15, -0.1) is 0 Å². The second-order valence-corrected chi connectivity index (χ2v) is 7.62. The molecule has 8 nitrogen and oxygen atoms in total. The molecule has 4 rings (SSSR count). The third-order valence-electron chi connectivity index (χ3n) is 5.22. The maximum atomic E-state index is 13.6. The molecule has 0 spiro atoms. The molecule has 1 aliphatic heterocycles. The van der Waals surface area contributed by atoms with Gasteiger partial charge < -0.3 is 28.4 Å². The molecular formula is C25H21ClO8. The Morgan fingerprint density at radius 1 is 0.971 bits per heavy atom. The fourth-order valence-corrected chi connectivity index (χ4v) is 3.72. The monoisotopic (exact) mass is 484 g/mol. The Bertz CT molecular complexity index is 1210. The number of halogens is 1. The molecule has 176 valence electrons. The highest BCUT2D eigenvalue weighted by atomic mass is 35.5. The van der Waals surface area contributed by atoms with Gasteiger partial charge in [0.1, 0.15) is 17.9 Å². The third-order valence-corrected chi connectivity index (χ3v) is 5.47. The molecule has 0 aliphatic carbocycles. The Kier molecular flexibility index (Phi) is 6.79. The molecule has 0 aromatic heterocycles. The van der Waals surface area contributed by atoms with Crippen molar-refractivity contribution in [3.05, 3.63) is 69.7 Å². The smallest absolute Gasteiger partial charge is 0.231 e. The summed E-state index contributed by atoms with van der Waals surface area (Å²) in [7, 11) is 4.29. The molecule has 0 amide bonds. The van der Waals surface area contributed by atoms with Gasteiger partial charge in [0.2, 0.25) is 18.3 Å². The summed E-state index contributed by atoms with van der Waals surface area (Å²) in [6.07, 6.45) is 0.590. The number of rotatable bonds is 9. The van der Waals surface area contributed by atoms with E-state index in [1.807, 2.05) is 12.1 Å². The van der Waals surface area contributed by atoms with E-state index >= 15 is 0 Å². The zero-order valence-electron chi connectivity index (χ0n) is 18.7. The minimum absolute atomic E-state index is 0.0681. The number of carbonyl (C=O) groups excluding carboxylic acids is 2. The van der Waals surface area contributed by atoms with Crippen LogP contribution in [0, 0.1) is 0 Å². The van der Waals surface area contributed by atoms with Gasteiger partial charge in [0.15, 0.2) is 29.3 Å². The highest BCUT2D eigenvalue weighted by Crippen LogP contribution is 2.45. The largest absolute Gasteiger partial charge is 0.495 e. The molecular weight excluding hydrogens is 464 g/mol. The average molecular weight is 485 g/mol. The number of aldehydes is 1. The molecule has 0 saturated carbocycles. The molecule has 0 bridgehead atoms. The molecule has 0 saturated heterocycles. The second-order valence-electron chi connectivity index (χ2n) is 7.18. The Morgan fingerprint density at radius 3 is 2.24 bits per heavy atom. The third kappa shape index (κ3) is 4.32. The number of ether oxygens (including phenoxy) is 6. The number of fused-ring (bicyclic) bond motifs is 1. The van der Waals surface area contributed by atoms with Crippen LogP contribution in [-0.2, 0) is 6.61 Å². The molecule has 3 aromatic rings. The minimum atomic E-state index is -0.469. The van der Waals surface area contributed by atoms with Crippen molar-refractivity contribution in [2.45, 2.75) is 6.61 Å². The molecule has 1 heterocycles. The number of methoxy groups -OCH3 is 3. The lowest BCUT2D eigenvalue weighted by Gasteiger charge is -2.17. The summed E-state index contributed by atoms with van der Waals surface area (Å²) >= 11 is 5.94. The van der Waals surface area contributed by atoms with Gasteiger partial charge in [-0.05, 0) is 35.9 Å². The van der Waals surface area contributed by atoms with Crippen LogP contribution in [-0.4, -0.2) is 40.2 Å². The van der Waals surface area contributed by atoms with Crippen LogP contribution in [0.2, 0.25) is 5.02 Å². The van der Waals surface area contributed by atoms with E-state index in [2.05, 4.69) is 0 Å². The van der Waals surface area contributed by atoms with Gasteiger partial charge in [0, 0.05) is 10.6 Å². The number of ketones is 1. The first-order chi connectivity index (χ1) is 16.5. The van der Waals surface area contributed by atoms with Gasteiger partial charge in [-0.1, -0.05) is 23.7 Å². The van der Waals surface area contributed by atoms with Crippen LogP contribution in [0.1, 0.15) is 31.8 Å². The van der Waals surface area contributed by atoms with Crippen LogP contribution < -0.4 is 28.4 Å². The van der Waals surface area contributed by atoms with Crippen molar-refractivity contribution in [2.24, 2.45) is 0 Å². The fraction of sp³-hybridized carbons (Fsp3) is 0.200. The van der Waals surface area contributed by atoms with Crippen molar-refractivity contribution in [1.29, 1.82) is 0 Å². The van der Waals surface area contributed by atoms with E-state index in [0.29, 0.717) is 17.1 Å². The van der Waals surface area contributed by atoms with E-state index in [1.165, 1.54) is 39.5 Å². The van der Waals surface area contributed by atoms with E-state index in [9.17, 15) is 9.59 Å². The summed E-state index contributed by atoms with van der Waals surface area (Å²) < 4.78 is 33.2. The highest BCUT2D eigenvalue weighted by Gasteiger charge is 2.31. The highest BCUT2D eigenvalue weighted by molar-refractivity contribution is 6.30. The Balaban J connectivity index is 1.75. The zero-order chi connectivity index (χ0) is 24.2. The van der Waals surface area contributed by atoms with Gasteiger partial charge in [0.05, 0.1) is 26.9 Å². The minimum Gasteiger partial charge on any atom is -0.495 e. The predicted octanol–water partition coefficient (Wildman–Crippen LogP) is 4.72. The molecule has 3 aromatic carbocycles. The first-order valence-electron chi connectivity index (χ1n) is 10.1. The van der Waals surface area contributed by atoms with E-state index < -0.39 is 5.78 Å². The van der Waals surface area contributed by atoms with Crippen molar-refractivity contribution in [3.63, 3.8) is 0 Å². The Hall–Kier alpha value is -3.91. The van der Waals surface area contributed by atoms with Crippen LogP contribution in [0.5, 0.6) is 34.5 Å². The molecule has 0 atom stereocenters. The quantitative estimate of drug-likeness (QED) is 0.318. The molecule has 9 heteroatoms. The molecule has 0 fully saturated rings. The summed E-state index contributed by atoms with van der Waals surface area (Å²) in [4.78, 5) is 25.2. The standard InChI is InChI=1S/C25H21ClO8/c1-29-18-8-15(9-19(30-2)24(18)32-12-14-4-6-17(26)7-5-14)22(28)21-23(31-3)16(11-27)10-20-25(21)34-13-33-20/h4-11H,12-13H2,1-3H3. The van der Waals surface area contributed by atoms with E-state index in [1.54, 1.807) is 12.1 Å². The Labute approximate surface area is 200 Å². The maximum absolute atomic E-state index is 13.6. The van der Waals surface area contributed by atoms with Gasteiger partial charge >= 0.3 is 0 Å². The fourth-order valence-electron chi connectivity index (χ4n) is 3.59. The molecule has 1 aliphatic rings. The number of hydrogen-bond donors (Lipinski definition) is 0. The van der Waals surface area contributed by atoms with E-state index in [4.69, 9.17) is 40.0 Å². The van der Waals surface area contributed by atoms with Gasteiger partial charge in [-0.2, -0.15) is 0 Å². The summed E-state index contributed by atoms with van der Waals surface area (Å²) in [5.41, 5.74) is 1.33. The summed E-state index contributed by atoms with van der Waals surface area (Å²) in [6, 6.07) is 11.7. The van der Waals surface area contributed by atoms with Crippen molar-refractivity contribution in [3.8, 4) is 34.5 Å². The van der Waals surface area contributed by atoms with Crippen molar-refractivity contribution < 1.29 is 38.0 Å². The average Bonchev–Trinajstić information content (AvgIpc) is 3.34. The number of benzene rings is 3. The lowest BCUT2D eigenvalue weighted by molar-refractivity contribution is 0.103. The maximum Gasteiger partial charge on any atom is 0.231 e. The topological polar surface area (TPSA) is 89.5 Å². The first-order valence-corrected chi connectivity index (χ1v) is 10.5. The number of carbonyl (C=O) groups is 2. The SMILES string of the molecule is COc1cc(C(=O)c2c(OC)c(C=O)cc3c2OCO3)cc(OC)c1OCc1ccc(Cl)cc1. The van der Waals surface area contributed by atoms with Crippen LogP contribution >= 0.6 is 11.6 Å². The van der Waals surface area contributed by atoms with Crippen molar-refractivity contribution >= 4 is 23.7 Å². The van der Waals surface area contributed by atoms with Gasteiger partial charge in [0.25, 0.3) is 0 Å². The molecule has 0 N–H and O–H groups in total. The lowest BCUT2D eigenvalue weighted by atomic mass is 9.97. The van der Waals surface area contributed by atoms with E-state index in [-0.39, 0.29) is 58.8 Å². The number of hydrogen-bond acceptors (Lipinski definition) is 8. The summed E-state index contributed by atoms with van der Waals surface area (Å²) in [5, 5.41) is 0.622. The van der Waals surface area contributed by atoms with E-state index in [0.717, 1.165) is 5.56 Å². The van der Waals surface area contributed by atoms with Gasteiger partial charge in [-0.25, -0.2) is 0 Å². The predicted molar refractivity (Wildman–Crippen MR) is 123 cm³/mol. The lowest BCUT2D eigenvalue weighted by Crippen LogP contribution is -2.09. The van der Waals surface area contributed by atoms with Crippen LogP contribution in [0.15, 0.2) is 42.5 Å². The second kappa shape index (κ2) is 9.93. The molecule has 34 heavy (non-hydrogen) atoms. The van der Waals surface area contributed by atoms with Crippen LogP contribution in [0.25, 0.3) is 0 Å². The Morgan fingerprint density at radius 2 is 1.65 bits per heavy atom. The van der Waals surface area contributed by atoms with Crippen molar-refractivity contribution in [1.82, 2.24) is 0 Å². The van der Waals surface area contributed by atoms with Gasteiger partial charge in [-0.3, -0.25) is 9.59 Å². The van der Waals surface area contributed by atoms with Crippen LogP contribution in [0.4, 0.5) is 0 Å². The molecule has 0 radical (unpaired) electrons. The van der Waals surface area contributed by atoms with Crippen LogP contribution in [0.3, 0.4) is 0 Å². The first kappa shape index (κ1) is 23.3. The zero-order valence-corrected chi connectivity index (χ0v) is 19.4. The summed E-state index contributed by atoms with van der Waals surface area (Å²) in [5.74, 6) is 1.01. The normalized spacial score (nSPS) is 11.6. The summed E-state index contributed by atoms with van der Waals surface area (Å²) in [6.45, 7) is 0.149. The molecule has 0 unspecified atom stereocenters.